The van der Waals surface area contributed by atoms with Crippen LogP contribution in [0.5, 0.6) is 5.75 Å². The fourth-order valence-electron chi connectivity index (χ4n) is 5.04. The van der Waals surface area contributed by atoms with Crippen molar-refractivity contribution < 1.29 is 17.9 Å². The molecule has 0 spiro atoms. The van der Waals surface area contributed by atoms with E-state index in [4.69, 9.17) is 10.5 Å². The molecule has 1 aliphatic rings. The zero-order chi connectivity index (χ0) is 28.6. The molecule has 40 heavy (non-hydrogen) atoms. The van der Waals surface area contributed by atoms with Gasteiger partial charge in [-0.3, -0.25) is 18.7 Å². The lowest BCUT2D eigenvalue weighted by Gasteiger charge is -2.31. The molecular formula is C26H33N9O4S. The van der Waals surface area contributed by atoms with Crippen molar-refractivity contribution in [1.82, 2.24) is 29.3 Å². The summed E-state index contributed by atoms with van der Waals surface area (Å²) in [6.07, 6.45) is 6.45. The summed E-state index contributed by atoms with van der Waals surface area (Å²) in [5.41, 5.74) is 9.25. The molecule has 0 saturated carbocycles. The Morgan fingerprint density at radius 1 is 1.20 bits per heavy atom. The molecule has 1 amide bonds. The number of benzene rings is 1. The normalized spacial score (nSPS) is 14.9. The number of hydrogen-bond donors (Lipinski definition) is 2. The number of amides is 1. The summed E-state index contributed by atoms with van der Waals surface area (Å²) < 4.78 is 34.6. The maximum Gasteiger partial charge on any atom is 0.245 e. The van der Waals surface area contributed by atoms with E-state index in [-0.39, 0.29) is 5.91 Å². The second-order valence-electron chi connectivity index (χ2n) is 10.0. The van der Waals surface area contributed by atoms with E-state index in [1.54, 1.807) is 35.7 Å². The van der Waals surface area contributed by atoms with Crippen LogP contribution in [-0.4, -0.2) is 83.7 Å². The summed E-state index contributed by atoms with van der Waals surface area (Å²) in [6.45, 7) is 1.94. The number of fused-ring (bicyclic) bond motifs is 1. The first kappa shape index (κ1) is 27.4. The number of sulfonamides is 1. The van der Waals surface area contributed by atoms with Crippen molar-refractivity contribution in [1.29, 1.82) is 0 Å². The number of hydrogen-bond acceptors (Lipinski definition) is 9. The number of likely N-dealkylation sites (tertiary alicyclic amines) is 1. The molecule has 3 N–H and O–H groups in total. The minimum atomic E-state index is -3.52. The first-order chi connectivity index (χ1) is 19.0. The van der Waals surface area contributed by atoms with Gasteiger partial charge in [-0.25, -0.2) is 17.9 Å². The Bertz CT molecular complexity index is 1660. The van der Waals surface area contributed by atoms with Crippen molar-refractivity contribution in [2.45, 2.75) is 18.8 Å². The number of rotatable bonds is 9. The van der Waals surface area contributed by atoms with E-state index in [0.717, 1.165) is 42.0 Å². The highest BCUT2D eigenvalue weighted by Gasteiger charge is 2.24. The van der Waals surface area contributed by atoms with E-state index >= 15 is 0 Å². The quantitative estimate of drug-likeness (QED) is 0.309. The monoisotopic (exact) mass is 567 g/mol. The lowest BCUT2D eigenvalue weighted by Crippen LogP contribution is -2.39. The summed E-state index contributed by atoms with van der Waals surface area (Å²) in [6, 6.07) is 9.77. The Morgan fingerprint density at radius 2 is 1.95 bits per heavy atom. The minimum absolute atomic E-state index is 0.294. The van der Waals surface area contributed by atoms with Gasteiger partial charge < -0.3 is 15.8 Å². The molecule has 1 saturated heterocycles. The number of carbonyl (C=O) groups excluding carboxylic acids is 1. The topological polar surface area (TPSA) is 153 Å². The molecule has 0 aliphatic carbocycles. The fourth-order valence-corrected chi connectivity index (χ4v) is 5.49. The van der Waals surface area contributed by atoms with Crippen molar-refractivity contribution in [3.63, 3.8) is 0 Å². The number of nitrogens with one attached hydrogen (secondary N) is 1. The molecule has 4 aromatic rings. The number of aryl methyl sites for hydroxylation is 1. The molecular weight excluding hydrogens is 534 g/mol. The standard InChI is InChI=1S/C26H33N9O4S/c1-32-15-20(25(30-32)33(2)40(4,37)38)22-8-6-19-14-28-26(31-35(19)22)29-21-7-5-18(13-23(21)39-3)17-9-11-34(12-10-17)16-24(27)36/h5-8,13-15,17H,9-12,16H2,1-4H3,(H2,27,36)(H,29,31). The number of methoxy groups -OCH3 is 1. The SMILES string of the molecule is COc1cc(C2CCN(CC(N)=O)CC2)ccc1Nc1ncc2ccc(-c3cn(C)nc3N(C)S(C)(=O)=O)n2n1. The van der Waals surface area contributed by atoms with E-state index in [9.17, 15) is 13.2 Å². The molecule has 0 bridgehead atoms. The predicted molar refractivity (Wildman–Crippen MR) is 152 cm³/mol. The molecule has 0 radical (unpaired) electrons. The number of anilines is 3. The Morgan fingerprint density at radius 3 is 2.62 bits per heavy atom. The third-order valence-electron chi connectivity index (χ3n) is 7.19. The zero-order valence-corrected chi connectivity index (χ0v) is 23.7. The van der Waals surface area contributed by atoms with Crippen molar-refractivity contribution in [3.8, 4) is 17.0 Å². The largest absolute Gasteiger partial charge is 0.495 e. The van der Waals surface area contributed by atoms with E-state index < -0.39 is 10.0 Å². The predicted octanol–water partition coefficient (Wildman–Crippen LogP) is 1.94. The number of nitrogens with two attached hydrogens (primary N) is 1. The van der Waals surface area contributed by atoms with Crippen LogP contribution in [0.15, 0.2) is 42.7 Å². The van der Waals surface area contributed by atoms with Crippen molar-refractivity contribution in [3.05, 3.63) is 48.3 Å². The molecule has 1 fully saturated rings. The highest BCUT2D eigenvalue weighted by Crippen LogP contribution is 2.35. The van der Waals surface area contributed by atoms with Crippen LogP contribution in [0.4, 0.5) is 17.5 Å². The average Bonchev–Trinajstić information content (AvgIpc) is 3.50. The number of primary amides is 1. The average molecular weight is 568 g/mol. The molecule has 3 aromatic heterocycles. The number of carbonyl (C=O) groups is 1. The zero-order valence-electron chi connectivity index (χ0n) is 22.9. The van der Waals surface area contributed by atoms with Crippen LogP contribution in [0.1, 0.15) is 24.3 Å². The number of piperidine rings is 1. The second-order valence-corrected chi connectivity index (χ2v) is 12.0. The lowest BCUT2D eigenvalue weighted by atomic mass is 9.89. The van der Waals surface area contributed by atoms with E-state index in [2.05, 4.69) is 31.5 Å². The summed E-state index contributed by atoms with van der Waals surface area (Å²) in [5, 5.41) is 12.3. The van der Waals surface area contributed by atoms with Crippen LogP contribution < -0.4 is 20.1 Å². The number of nitrogens with zero attached hydrogens (tertiary/aromatic N) is 7. The van der Waals surface area contributed by atoms with Gasteiger partial charge in [0.2, 0.25) is 21.9 Å². The van der Waals surface area contributed by atoms with Crippen LogP contribution in [0.3, 0.4) is 0 Å². The fraction of sp³-hybridized carbons (Fsp3) is 0.385. The lowest BCUT2D eigenvalue weighted by molar-refractivity contribution is -0.119. The van der Waals surface area contributed by atoms with Crippen molar-refractivity contribution >= 4 is 38.9 Å². The van der Waals surface area contributed by atoms with Gasteiger partial charge >= 0.3 is 0 Å². The molecule has 212 valence electrons. The van der Waals surface area contributed by atoms with Crippen LogP contribution in [-0.2, 0) is 21.9 Å². The first-order valence-corrected chi connectivity index (χ1v) is 14.7. The van der Waals surface area contributed by atoms with Crippen LogP contribution >= 0.6 is 0 Å². The third kappa shape index (κ3) is 5.58. The summed E-state index contributed by atoms with van der Waals surface area (Å²) in [5.74, 6) is 1.37. The van der Waals surface area contributed by atoms with E-state index in [1.165, 1.54) is 12.6 Å². The van der Waals surface area contributed by atoms with Gasteiger partial charge in [0.25, 0.3) is 0 Å². The molecule has 5 rings (SSSR count). The van der Waals surface area contributed by atoms with Crippen LogP contribution in [0.25, 0.3) is 16.8 Å². The third-order valence-corrected chi connectivity index (χ3v) is 8.36. The van der Waals surface area contributed by atoms with Gasteiger partial charge in [0.1, 0.15) is 5.75 Å². The minimum Gasteiger partial charge on any atom is -0.495 e. The Balaban J connectivity index is 1.40. The van der Waals surface area contributed by atoms with Crippen LogP contribution in [0.2, 0.25) is 0 Å². The van der Waals surface area contributed by atoms with E-state index in [1.807, 2.05) is 24.3 Å². The molecule has 0 unspecified atom stereocenters. The van der Waals surface area contributed by atoms with Crippen molar-refractivity contribution in [2.75, 3.05) is 49.7 Å². The summed E-state index contributed by atoms with van der Waals surface area (Å²) in [7, 11) is 1.31. The number of aromatic nitrogens is 5. The van der Waals surface area contributed by atoms with Gasteiger partial charge in [-0.05, 0) is 61.7 Å². The van der Waals surface area contributed by atoms with Gasteiger partial charge in [0.15, 0.2) is 5.82 Å². The molecule has 1 aliphatic heterocycles. The molecule has 1 aromatic carbocycles. The van der Waals surface area contributed by atoms with Crippen molar-refractivity contribution in [2.24, 2.45) is 12.8 Å². The summed E-state index contributed by atoms with van der Waals surface area (Å²) in [4.78, 5) is 17.8. The Kier molecular flexibility index (Phi) is 7.38. The highest BCUT2D eigenvalue weighted by molar-refractivity contribution is 7.92. The maximum absolute atomic E-state index is 12.2. The van der Waals surface area contributed by atoms with Gasteiger partial charge in [-0.15, -0.1) is 5.10 Å². The highest BCUT2D eigenvalue weighted by atomic mass is 32.2. The molecule has 4 heterocycles. The second kappa shape index (κ2) is 10.8. The Hall–Kier alpha value is -4.17. The van der Waals surface area contributed by atoms with Gasteiger partial charge in [-0.1, -0.05) is 6.07 Å². The number of ether oxygens (including phenoxy) is 1. The maximum atomic E-state index is 12.2. The Labute approximate surface area is 232 Å². The summed E-state index contributed by atoms with van der Waals surface area (Å²) >= 11 is 0. The first-order valence-electron chi connectivity index (χ1n) is 12.8. The molecule has 14 heteroatoms. The molecule has 13 nitrogen and oxygen atoms in total. The van der Waals surface area contributed by atoms with Gasteiger partial charge in [0.05, 0.1) is 48.6 Å². The van der Waals surface area contributed by atoms with E-state index in [0.29, 0.717) is 46.9 Å². The molecule has 0 atom stereocenters. The van der Waals surface area contributed by atoms with Gasteiger partial charge in [0, 0.05) is 20.3 Å². The van der Waals surface area contributed by atoms with Gasteiger partial charge in [-0.2, -0.15) is 5.10 Å². The smallest absolute Gasteiger partial charge is 0.245 e. The van der Waals surface area contributed by atoms with Crippen LogP contribution in [0, 0.1) is 0 Å².